The molecule has 1 amide bonds. The van der Waals surface area contributed by atoms with Gasteiger partial charge in [-0.25, -0.2) is 0 Å². The van der Waals surface area contributed by atoms with Crippen LogP contribution in [0, 0.1) is 0 Å². The summed E-state index contributed by atoms with van der Waals surface area (Å²) >= 11 is 1.37. The van der Waals surface area contributed by atoms with Crippen LogP contribution in [-0.4, -0.2) is 56.5 Å². The number of carbonyl (C=O) groups is 1. The summed E-state index contributed by atoms with van der Waals surface area (Å²) in [6.45, 7) is 5.33. The van der Waals surface area contributed by atoms with Crippen molar-refractivity contribution in [3.8, 4) is 22.8 Å². The Bertz CT molecular complexity index is 925. The molecule has 0 radical (unpaired) electrons. The molecule has 0 aliphatic heterocycles. The molecule has 0 unspecified atom stereocenters. The first-order valence-electron chi connectivity index (χ1n) is 9.09. The Morgan fingerprint density at radius 2 is 1.93 bits per heavy atom. The monoisotopic (exact) mass is 397 g/mol. The fraction of sp³-hybridized carbons (Fsp3) is 0.300. The highest BCUT2D eigenvalue weighted by Crippen LogP contribution is 2.32. The summed E-state index contributed by atoms with van der Waals surface area (Å²) in [6, 6.07) is 11.5. The van der Waals surface area contributed by atoms with Crippen LogP contribution in [0.15, 0.2) is 53.9 Å². The van der Waals surface area contributed by atoms with Crippen molar-refractivity contribution in [1.29, 1.82) is 0 Å². The summed E-state index contributed by atoms with van der Waals surface area (Å²) in [6.07, 6.45) is 3.46. The van der Waals surface area contributed by atoms with Crippen molar-refractivity contribution in [3.05, 3.63) is 48.8 Å². The predicted octanol–water partition coefficient (Wildman–Crippen LogP) is 3.30. The zero-order chi connectivity index (χ0) is 19.9. The Hall–Kier alpha value is -2.87. The van der Waals surface area contributed by atoms with Crippen LogP contribution in [0.1, 0.15) is 13.8 Å². The molecule has 8 heteroatoms. The van der Waals surface area contributed by atoms with E-state index in [1.54, 1.807) is 24.4 Å². The molecule has 0 bridgehead atoms. The van der Waals surface area contributed by atoms with Crippen LogP contribution in [-0.2, 0) is 4.79 Å². The van der Waals surface area contributed by atoms with Gasteiger partial charge in [-0.1, -0.05) is 23.9 Å². The molecule has 3 aromatic rings. The number of carbonyl (C=O) groups excluding carboxylic acids is 1. The Balaban J connectivity index is 2.01. The van der Waals surface area contributed by atoms with Crippen LogP contribution in [0.4, 0.5) is 0 Å². The van der Waals surface area contributed by atoms with Gasteiger partial charge in [0.25, 0.3) is 0 Å². The molecular weight excluding hydrogens is 374 g/mol. The van der Waals surface area contributed by atoms with E-state index in [2.05, 4.69) is 15.2 Å². The molecule has 0 fully saturated rings. The van der Waals surface area contributed by atoms with Crippen LogP contribution in [0.3, 0.4) is 0 Å². The maximum Gasteiger partial charge on any atom is 0.233 e. The van der Waals surface area contributed by atoms with Gasteiger partial charge >= 0.3 is 0 Å². The molecule has 146 valence electrons. The zero-order valence-electron chi connectivity index (χ0n) is 16.2. The molecule has 0 N–H and O–H groups in total. The molecule has 28 heavy (non-hydrogen) atoms. The van der Waals surface area contributed by atoms with Gasteiger partial charge in [0, 0.05) is 31.0 Å². The number of para-hydroxylation sites is 2. The summed E-state index contributed by atoms with van der Waals surface area (Å²) in [5.74, 6) is 1.72. The highest BCUT2D eigenvalue weighted by molar-refractivity contribution is 7.99. The number of methoxy groups -OCH3 is 1. The minimum atomic E-state index is 0.0764. The molecule has 0 aliphatic carbocycles. The number of benzene rings is 1. The Morgan fingerprint density at radius 1 is 1.14 bits per heavy atom. The van der Waals surface area contributed by atoms with E-state index in [4.69, 9.17) is 4.74 Å². The van der Waals surface area contributed by atoms with Crippen molar-refractivity contribution in [2.45, 2.75) is 19.0 Å². The van der Waals surface area contributed by atoms with Gasteiger partial charge in [-0.15, -0.1) is 10.2 Å². The summed E-state index contributed by atoms with van der Waals surface area (Å²) in [4.78, 5) is 18.4. The van der Waals surface area contributed by atoms with Gasteiger partial charge in [-0.05, 0) is 38.1 Å². The van der Waals surface area contributed by atoms with Crippen molar-refractivity contribution in [2.75, 3.05) is 26.0 Å². The third-order valence-electron chi connectivity index (χ3n) is 4.32. The highest BCUT2D eigenvalue weighted by atomic mass is 32.2. The lowest BCUT2D eigenvalue weighted by Gasteiger charge is -2.18. The van der Waals surface area contributed by atoms with Gasteiger partial charge in [-0.3, -0.25) is 14.3 Å². The lowest BCUT2D eigenvalue weighted by atomic mass is 10.2. The number of pyridine rings is 1. The first kappa shape index (κ1) is 19.9. The highest BCUT2D eigenvalue weighted by Gasteiger charge is 2.20. The van der Waals surface area contributed by atoms with E-state index >= 15 is 0 Å². The molecule has 1 aromatic carbocycles. The number of aromatic nitrogens is 4. The summed E-state index contributed by atoms with van der Waals surface area (Å²) in [5, 5.41) is 9.35. The smallest absolute Gasteiger partial charge is 0.233 e. The largest absolute Gasteiger partial charge is 0.495 e. The lowest BCUT2D eigenvalue weighted by molar-refractivity contribution is -0.127. The number of thioether (sulfide) groups is 1. The molecule has 0 saturated heterocycles. The molecule has 7 nitrogen and oxygen atoms in total. The number of nitrogens with zero attached hydrogens (tertiary/aromatic N) is 5. The van der Waals surface area contributed by atoms with Gasteiger partial charge in [0.1, 0.15) is 5.75 Å². The van der Waals surface area contributed by atoms with Crippen LogP contribution >= 0.6 is 11.8 Å². The maximum absolute atomic E-state index is 12.4. The van der Waals surface area contributed by atoms with Crippen molar-refractivity contribution < 1.29 is 9.53 Å². The number of hydrogen-bond acceptors (Lipinski definition) is 6. The number of ether oxygens (including phenoxy) is 1. The number of amides is 1. The molecule has 0 aliphatic rings. The first-order valence-corrected chi connectivity index (χ1v) is 10.1. The van der Waals surface area contributed by atoms with Crippen LogP contribution in [0.2, 0.25) is 0 Å². The average Bonchev–Trinajstić information content (AvgIpc) is 3.17. The molecule has 2 aromatic heterocycles. The summed E-state index contributed by atoms with van der Waals surface area (Å²) in [7, 11) is 1.63. The molecule has 0 spiro atoms. The van der Waals surface area contributed by atoms with Gasteiger partial charge in [0.2, 0.25) is 5.91 Å². The lowest BCUT2D eigenvalue weighted by Crippen LogP contribution is -2.31. The van der Waals surface area contributed by atoms with E-state index in [-0.39, 0.29) is 5.91 Å². The second-order valence-electron chi connectivity index (χ2n) is 5.91. The maximum atomic E-state index is 12.4. The molecular formula is C20H23N5O2S. The van der Waals surface area contributed by atoms with E-state index in [0.29, 0.717) is 35.6 Å². The van der Waals surface area contributed by atoms with Crippen molar-refractivity contribution in [2.24, 2.45) is 0 Å². The van der Waals surface area contributed by atoms with E-state index in [0.717, 1.165) is 11.3 Å². The topological polar surface area (TPSA) is 73.1 Å². The Kier molecular flexibility index (Phi) is 6.65. The van der Waals surface area contributed by atoms with Gasteiger partial charge in [0.05, 0.1) is 18.6 Å². The fourth-order valence-corrected chi connectivity index (χ4v) is 3.72. The molecule has 2 heterocycles. The van der Waals surface area contributed by atoms with Crippen molar-refractivity contribution in [1.82, 2.24) is 24.6 Å². The van der Waals surface area contributed by atoms with Crippen LogP contribution in [0.25, 0.3) is 17.1 Å². The zero-order valence-corrected chi connectivity index (χ0v) is 17.0. The van der Waals surface area contributed by atoms with Crippen molar-refractivity contribution in [3.63, 3.8) is 0 Å². The van der Waals surface area contributed by atoms with Gasteiger partial charge < -0.3 is 9.64 Å². The summed E-state index contributed by atoms with van der Waals surface area (Å²) in [5.41, 5.74) is 1.65. The van der Waals surface area contributed by atoms with Gasteiger partial charge in [0.15, 0.2) is 11.0 Å². The fourth-order valence-electron chi connectivity index (χ4n) is 2.87. The third kappa shape index (κ3) is 4.17. The molecule has 0 saturated carbocycles. The second kappa shape index (κ2) is 9.36. The summed E-state index contributed by atoms with van der Waals surface area (Å²) < 4.78 is 7.45. The quantitative estimate of drug-likeness (QED) is 0.543. The average molecular weight is 398 g/mol. The van der Waals surface area contributed by atoms with Crippen LogP contribution in [0.5, 0.6) is 5.75 Å². The predicted molar refractivity (Wildman–Crippen MR) is 110 cm³/mol. The molecule has 3 rings (SSSR count). The first-order chi connectivity index (χ1) is 13.7. The van der Waals surface area contributed by atoms with Gasteiger partial charge in [-0.2, -0.15) is 0 Å². The normalized spacial score (nSPS) is 10.7. The third-order valence-corrected chi connectivity index (χ3v) is 5.23. The Morgan fingerprint density at radius 3 is 2.61 bits per heavy atom. The standard InChI is InChI=1S/C20H23N5O2S/c1-4-24(5-2)18(26)14-28-20-23-22-19(15-9-8-12-21-13-15)25(20)16-10-6-7-11-17(16)27-3/h6-13H,4-5,14H2,1-3H3. The number of hydrogen-bond donors (Lipinski definition) is 0. The SMILES string of the molecule is CCN(CC)C(=O)CSc1nnc(-c2cccnc2)n1-c1ccccc1OC. The minimum Gasteiger partial charge on any atom is -0.495 e. The van der Waals surface area contributed by atoms with E-state index in [1.165, 1.54) is 11.8 Å². The van der Waals surface area contributed by atoms with E-state index in [9.17, 15) is 4.79 Å². The Labute approximate surface area is 168 Å². The van der Waals surface area contributed by atoms with E-state index in [1.807, 2.05) is 54.8 Å². The second-order valence-corrected chi connectivity index (χ2v) is 6.85. The molecule has 0 atom stereocenters. The van der Waals surface area contributed by atoms with Crippen LogP contribution < -0.4 is 4.74 Å². The minimum absolute atomic E-state index is 0.0764. The van der Waals surface area contributed by atoms with Crippen molar-refractivity contribution >= 4 is 17.7 Å². The van der Waals surface area contributed by atoms with E-state index < -0.39 is 0 Å². The number of rotatable bonds is 8.